The second-order valence-electron chi connectivity index (χ2n) is 2.58. The van der Waals surface area contributed by atoms with Gasteiger partial charge >= 0.3 is 0 Å². The van der Waals surface area contributed by atoms with E-state index in [9.17, 15) is 0 Å². The second kappa shape index (κ2) is 2.07. The first kappa shape index (κ1) is 6.11. The average molecular weight is 113 g/mol. The highest BCUT2D eigenvalue weighted by Gasteiger charge is 2.33. The van der Waals surface area contributed by atoms with E-state index in [2.05, 4.69) is 25.7 Å². The molecular weight excluding hydrogens is 101 g/mol. The van der Waals surface area contributed by atoms with E-state index in [0.717, 1.165) is 6.61 Å². The van der Waals surface area contributed by atoms with Gasteiger partial charge in [0.1, 0.15) is 0 Å². The number of ether oxygens (including phenoxy) is 1. The van der Waals surface area contributed by atoms with E-state index in [1.54, 1.807) is 0 Å². The van der Waals surface area contributed by atoms with E-state index in [1.165, 1.54) is 0 Å². The summed E-state index contributed by atoms with van der Waals surface area (Å²) in [6.45, 7) is 3.73. The van der Waals surface area contributed by atoms with Gasteiger partial charge in [0, 0.05) is 0 Å². The number of hydrogen-bond donors (Lipinski definition) is 0. The highest BCUT2D eigenvalue weighted by molar-refractivity contribution is 6.56. The van der Waals surface area contributed by atoms with Crippen LogP contribution in [0.15, 0.2) is 0 Å². The molecule has 1 saturated heterocycles. The lowest BCUT2D eigenvalue weighted by Crippen LogP contribution is -2.34. The average Bonchev–Trinajstić information content (AvgIpc) is 2.43. The minimum atomic E-state index is 0.519. The molecule has 3 heteroatoms. The van der Waals surface area contributed by atoms with Gasteiger partial charge in [-0.25, -0.2) is 0 Å². The Hall–Kier alpha value is -0.0151. The molecule has 8 heavy (non-hydrogen) atoms. The Kier molecular flexibility index (Phi) is 1.58. The van der Waals surface area contributed by atoms with Crippen LogP contribution in [-0.2, 0) is 4.74 Å². The van der Waals surface area contributed by atoms with Crippen LogP contribution in [-0.4, -0.2) is 38.4 Å². The van der Waals surface area contributed by atoms with E-state index in [4.69, 9.17) is 4.74 Å². The van der Waals surface area contributed by atoms with Crippen LogP contribution in [0.3, 0.4) is 0 Å². The number of rotatable bonds is 2. The maximum absolute atomic E-state index is 5.09. The van der Waals surface area contributed by atoms with Crippen molar-refractivity contribution >= 4 is 6.85 Å². The Bertz CT molecular complexity index is 80.5. The summed E-state index contributed by atoms with van der Waals surface area (Å²) in [5, 5.41) is 0. The summed E-state index contributed by atoms with van der Waals surface area (Å²) in [5.41, 5.74) is 0. The van der Waals surface area contributed by atoms with E-state index in [-0.39, 0.29) is 0 Å². The second-order valence-corrected chi connectivity index (χ2v) is 2.58. The van der Waals surface area contributed by atoms with Crippen LogP contribution in [0.1, 0.15) is 0 Å². The van der Waals surface area contributed by atoms with Crippen molar-refractivity contribution in [1.82, 2.24) is 4.81 Å². The minimum Gasteiger partial charge on any atom is -0.380 e. The molecule has 0 amide bonds. The molecule has 0 saturated carbocycles. The number of hydrogen-bond acceptors (Lipinski definition) is 2. The molecule has 0 aromatic carbocycles. The van der Waals surface area contributed by atoms with Gasteiger partial charge < -0.3 is 9.55 Å². The summed E-state index contributed by atoms with van der Waals surface area (Å²) in [6, 6.07) is 0.519. The predicted molar refractivity (Wildman–Crippen MR) is 35.0 cm³/mol. The van der Waals surface area contributed by atoms with Crippen LogP contribution in [0.4, 0.5) is 0 Å². The zero-order chi connectivity index (χ0) is 6.15. The van der Waals surface area contributed by atoms with Crippen LogP contribution < -0.4 is 0 Å². The standard InChI is InChI=1S/C5H12BNO/c1-6(7(2)3)5-4-8-5/h5H,4H2,1-3H3. The van der Waals surface area contributed by atoms with Gasteiger partial charge in [-0.3, -0.25) is 0 Å². The summed E-state index contributed by atoms with van der Waals surface area (Å²) in [6.07, 6.45) is 0. The van der Waals surface area contributed by atoms with Crippen molar-refractivity contribution in [1.29, 1.82) is 0 Å². The number of nitrogens with zero attached hydrogens (tertiary/aromatic N) is 1. The molecule has 2 nitrogen and oxygen atoms in total. The van der Waals surface area contributed by atoms with Crippen LogP contribution in [0, 0.1) is 0 Å². The molecule has 0 radical (unpaired) electrons. The van der Waals surface area contributed by atoms with Crippen molar-refractivity contribution < 1.29 is 4.74 Å². The summed E-state index contributed by atoms with van der Waals surface area (Å²) in [4.78, 5) is 2.18. The topological polar surface area (TPSA) is 15.8 Å². The van der Waals surface area contributed by atoms with Crippen molar-refractivity contribution in [2.45, 2.75) is 12.8 Å². The van der Waals surface area contributed by atoms with Gasteiger partial charge in [-0.2, -0.15) is 0 Å². The van der Waals surface area contributed by atoms with Crippen molar-refractivity contribution in [3.8, 4) is 0 Å². The molecule has 1 aliphatic heterocycles. The largest absolute Gasteiger partial charge is 0.380 e. The fourth-order valence-corrected chi connectivity index (χ4v) is 0.667. The Morgan fingerprint density at radius 3 is 2.25 bits per heavy atom. The van der Waals surface area contributed by atoms with Crippen molar-refractivity contribution in [2.24, 2.45) is 0 Å². The summed E-state index contributed by atoms with van der Waals surface area (Å²) in [7, 11) is 4.15. The molecule has 1 atom stereocenters. The van der Waals surface area contributed by atoms with Crippen molar-refractivity contribution in [3.05, 3.63) is 0 Å². The highest BCUT2D eigenvalue weighted by atomic mass is 16.6. The van der Waals surface area contributed by atoms with Crippen LogP contribution in [0.2, 0.25) is 6.82 Å². The van der Waals surface area contributed by atoms with Gasteiger partial charge in [-0.1, -0.05) is 6.82 Å². The Labute approximate surface area is 50.9 Å². The quantitative estimate of drug-likeness (QED) is 0.373. The van der Waals surface area contributed by atoms with Gasteiger partial charge in [-0.15, -0.1) is 0 Å². The summed E-state index contributed by atoms with van der Waals surface area (Å²) >= 11 is 0. The smallest absolute Gasteiger partial charge is 0.254 e. The molecule has 1 unspecified atom stereocenters. The maximum atomic E-state index is 5.09. The molecule has 0 aliphatic carbocycles. The predicted octanol–water partition coefficient (Wildman–Crippen LogP) is 0.107. The molecule has 1 rings (SSSR count). The summed E-state index contributed by atoms with van der Waals surface area (Å²) < 4.78 is 5.09. The van der Waals surface area contributed by atoms with E-state index >= 15 is 0 Å². The molecule has 0 bridgehead atoms. The van der Waals surface area contributed by atoms with Gasteiger partial charge in [0.05, 0.1) is 12.6 Å². The van der Waals surface area contributed by atoms with Crippen molar-refractivity contribution in [2.75, 3.05) is 20.7 Å². The molecule has 46 valence electrons. The van der Waals surface area contributed by atoms with Crippen LogP contribution in [0.25, 0.3) is 0 Å². The zero-order valence-corrected chi connectivity index (χ0v) is 5.72. The van der Waals surface area contributed by atoms with Crippen LogP contribution in [0.5, 0.6) is 0 Å². The third kappa shape index (κ3) is 1.23. The van der Waals surface area contributed by atoms with Gasteiger partial charge in [0.25, 0.3) is 6.85 Å². The van der Waals surface area contributed by atoms with Crippen LogP contribution >= 0.6 is 0 Å². The zero-order valence-electron chi connectivity index (χ0n) is 5.72. The fourth-order valence-electron chi connectivity index (χ4n) is 0.667. The Morgan fingerprint density at radius 1 is 1.62 bits per heavy atom. The lowest BCUT2D eigenvalue weighted by Gasteiger charge is -2.12. The lowest BCUT2D eigenvalue weighted by atomic mass is 9.60. The molecule has 1 fully saturated rings. The first-order chi connectivity index (χ1) is 3.72. The molecule has 1 heterocycles. The molecular formula is C5H12BNO. The molecule has 0 aromatic rings. The van der Waals surface area contributed by atoms with Gasteiger partial charge in [-0.05, 0) is 14.1 Å². The molecule has 0 spiro atoms. The SMILES string of the molecule is CB(C1CO1)N(C)C. The summed E-state index contributed by atoms with van der Waals surface area (Å²) in [5.74, 6) is 0. The highest BCUT2D eigenvalue weighted by Crippen LogP contribution is 2.13. The van der Waals surface area contributed by atoms with Gasteiger partial charge in [0.2, 0.25) is 0 Å². The Balaban J connectivity index is 2.22. The maximum Gasteiger partial charge on any atom is 0.254 e. The first-order valence-corrected chi connectivity index (χ1v) is 3.00. The molecule has 1 aliphatic rings. The first-order valence-electron chi connectivity index (χ1n) is 3.00. The third-order valence-electron chi connectivity index (χ3n) is 1.71. The fraction of sp³-hybridized carbons (Fsp3) is 1.00. The van der Waals surface area contributed by atoms with E-state index in [1.807, 2.05) is 0 Å². The minimum absolute atomic E-state index is 0.519. The monoisotopic (exact) mass is 113 g/mol. The third-order valence-corrected chi connectivity index (χ3v) is 1.71. The normalized spacial score (nSPS) is 26.2. The Morgan fingerprint density at radius 2 is 2.12 bits per heavy atom. The van der Waals surface area contributed by atoms with E-state index < -0.39 is 0 Å². The van der Waals surface area contributed by atoms with E-state index in [0.29, 0.717) is 12.9 Å². The lowest BCUT2D eigenvalue weighted by molar-refractivity contribution is 0.441. The van der Waals surface area contributed by atoms with Crippen molar-refractivity contribution in [3.63, 3.8) is 0 Å². The number of epoxide rings is 1. The molecule has 0 N–H and O–H groups in total. The molecule has 0 aromatic heterocycles. The van der Waals surface area contributed by atoms with Gasteiger partial charge in [0.15, 0.2) is 0 Å².